The summed E-state index contributed by atoms with van der Waals surface area (Å²) in [4.78, 5) is 0. The van der Waals surface area contributed by atoms with Gasteiger partial charge in [0.25, 0.3) is 0 Å². The van der Waals surface area contributed by atoms with Crippen LogP contribution in [0, 0.1) is 0 Å². The highest BCUT2D eigenvalue weighted by atomic mass is 16.3. The average molecular weight is 881 g/mol. The lowest BCUT2D eigenvalue weighted by atomic mass is 9.86. The van der Waals surface area contributed by atoms with Gasteiger partial charge in [0.1, 0.15) is 11.2 Å². The molecule has 0 saturated heterocycles. The number of aromatic nitrogens is 1. The standard InChI is InChI=1S/C66H44N2O/c1-2-20-44(21-3-1)51-32-18-33-52(47-24-17-25-48(43-47)53-34-19-35-57-56-30-9-15-41-64(56)69-66(53)57)65(51)58-31-5-11-37-60(58)67-59-36-10-4-26-49(59)45-22-16-23-46(42-45)50-27-6-12-38-61(50)68-62-39-13-7-28-54(62)55-29-8-14-40-63(55)68/h1-43,67H. The summed E-state index contributed by atoms with van der Waals surface area (Å²) >= 11 is 0. The fourth-order valence-electron chi connectivity index (χ4n) is 10.5. The van der Waals surface area contributed by atoms with Crippen molar-refractivity contribution >= 4 is 55.1 Å². The molecule has 0 atom stereocenters. The maximum absolute atomic E-state index is 6.54. The molecule has 0 aliphatic carbocycles. The van der Waals surface area contributed by atoms with Gasteiger partial charge < -0.3 is 14.3 Å². The summed E-state index contributed by atoms with van der Waals surface area (Å²) in [6, 6.07) is 93.7. The molecule has 1 N–H and O–H groups in total. The van der Waals surface area contributed by atoms with Crippen LogP contribution in [-0.4, -0.2) is 4.57 Å². The smallest absolute Gasteiger partial charge is 0.143 e. The normalized spacial score (nSPS) is 11.5. The first-order valence-electron chi connectivity index (χ1n) is 23.6. The molecule has 2 heterocycles. The lowest BCUT2D eigenvalue weighted by molar-refractivity contribution is 0.670. The van der Waals surface area contributed by atoms with Crippen LogP contribution in [0.1, 0.15) is 0 Å². The lowest BCUT2D eigenvalue weighted by Crippen LogP contribution is -1.99. The maximum atomic E-state index is 6.54. The van der Waals surface area contributed by atoms with E-state index in [1.165, 1.54) is 27.4 Å². The van der Waals surface area contributed by atoms with Crippen molar-refractivity contribution < 1.29 is 4.42 Å². The summed E-state index contributed by atoms with van der Waals surface area (Å²) in [5.41, 5.74) is 21.0. The van der Waals surface area contributed by atoms with E-state index in [-0.39, 0.29) is 0 Å². The largest absolute Gasteiger partial charge is 0.455 e. The highest BCUT2D eigenvalue weighted by Crippen LogP contribution is 2.46. The number of furan rings is 1. The van der Waals surface area contributed by atoms with Gasteiger partial charge in [0.15, 0.2) is 0 Å². The molecular weight excluding hydrogens is 837 g/mol. The Balaban J connectivity index is 0.919. The summed E-state index contributed by atoms with van der Waals surface area (Å²) in [6.45, 7) is 0. The molecule has 69 heavy (non-hydrogen) atoms. The summed E-state index contributed by atoms with van der Waals surface area (Å²) in [5.74, 6) is 0. The molecule has 324 valence electrons. The number of para-hydroxylation sites is 7. The van der Waals surface area contributed by atoms with E-state index in [1.54, 1.807) is 0 Å². The van der Waals surface area contributed by atoms with Crippen molar-refractivity contribution in [1.82, 2.24) is 4.57 Å². The number of hydrogen-bond donors (Lipinski definition) is 1. The fraction of sp³-hybridized carbons (Fsp3) is 0. The quantitative estimate of drug-likeness (QED) is 0.157. The van der Waals surface area contributed by atoms with E-state index in [4.69, 9.17) is 4.42 Å². The zero-order chi connectivity index (χ0) is 45.7. The van der Waals surface area contributed by atoms with Crippen LogP contribution in [0.3, 0.4) is 0 Å². The SMILES string of the molecule is c1ccc(-c2cccc(-c3cccc(-c4cccc5c4oc4ccccc45)c3)c2-c2ccccc2Nc2ccccc2-c2cccc(-c3ccccc3-n3c4ccccc4c4ccccc43)c2)cc1. The molecule has 0 amide bonds. The van der Waals surface area contributed by atoms with Gasteiger partial charge in [0.05, 0.1) is 16.7 Å². The highest BCUT2D eigenvalue weighted by Gasteiger charge is 2.20. The van der Waals surface area contributed by atoms with Crippen LogP contribution < -0.4 is 5.32 Å². The molecule has 0 unspecified atom stereocenters. The molecular formula is C66H44N2O. The Hall–Kier alpha value is -9.18. The van der Waals surface area contributed by atoms with E-state index < -0.39 is 0 Å². The van der Waals surface area contributed by atoms with Crippen LogP contribution in [-0.2, 0) is 0 Å². The van der Waals surface area contributed by atoms with Gasteiger partial charge in [-0.25, -0.2) is 0 Å². The third kappa shape index (κ3) is 6.99. The molecule has 3 heteroatoms. The van der Waals surface area contributed by atoms with E-state index in [0.29, 0.717) is 0 Å². The Morgan fingerprint density at radius 2 is 0.725 bits per heavy atom. The number of rotatable bonds is 9. The third-order valence-electron chi connectivity index (χ3n) is 13.6. The van der Waals surface area contributed by atoms with Crippen molar-refractivity contribution in [2.45, 2.75) is 0 Å². The van der Waals surface area contributed by atoms with E-state index in [1.807, 2.05) is 12.1 Å². The first kappa shape index (κ1) is 40.1. The Labute approximate surface area is 400 Å². The van der Waals surface area contributed by atoms with E-state index in [2.05, 4.69) is 259 Å². The molecule has 2 aromatic heterocycles. The Kier molecular flexibility index (Phi) is 9.84. The predicted molar refractivity (Wildman–Crippen MR) is 290 cm³/mol. The molecule has 0 spiro atoms. The lowest BCUT2D eigenvalue weighted by Gasteiger charge is -2.21. The first-order chi connectivity index (χ1) is 34.2. The third-order valence-corrected chi connectivity index (χ3v) is 13.6. The van der Waals surface area contributed by atoms with Crippen molar-refractivity contribution in [3.8, 4) is 72.4 Å². The second-order valence-corrected chi connectivity index (χ2v) is 17.6. The monoisotopic (exact) mass is 880 g/mol. The molecule has 0 aliphatic rings. The Bertz CT molecular complexity index is 4010. The summed E-state index contributed by atoms with van der Waals surface area (Å²) in [6.07, 6.45) is 0. The van der Waals surface area contributed by atoms with Crippen LogP contribution in [0.15, 0.2) is 265 Å². The van der Waals surface area contributed by atoms with Crippen molar-refractivity contribution in [3.05, 3.63) is 261 Å². The molecule has 0 aliphatic heterocycles. The highest BCUT2D eigenvalue weighted by molar-refractivity contribution is 6.11. The summed E-state index contributed by atoms with van der Waals surface area (Å²) in [7, 11) is 0. The van der Waals surface area contributed by atoms with Crippen LogP contribution in [0.2, 0.25) is 0 Å². The number of fused-ring (bicyclic) bond motifs is 6. The van der Waals surface area contributed by atoms with Gasteiger partial charge in [-0.15, -0.1) is 0 Å². The zero-order valence-corrected chi connectivity index (χ0v) is 37.7. The number of nitrogens with zero attached hydrogens (tertiary/aromatic N) is 1. The minimum absolute atomic E-state index is 0.896. The Morgan fingerprint density at radius 3 is 1.45 bits per heavy atom. The minimum Gasteiger partial charge on any atom is -0.455 e. The van der Waals surface area contributed by atoms with Crippen molar-refractivity contribution in [2.24, 2.45) is 0 Å². The molecule has 0 fully saturated rings. The Morgan fingerprint density at radius 1 is 0.290 bits per heavy atom. The number of benzene rings is 11. The second-order valence-electron chi connectivity index (χ2n) is 17.6. The predicted octanol–water partition coefficient (Wildman–Crippen LogP) is 18.4. The molecule has 13 aromatic rings. The van der Waals surface area contributed by atoms with Crippen LogP contribution >= 0.6 is 0 Å². The van der Waals surface area contributed by atoms with Gasteiger partial charge >= 0.3 is 0 Å². The summed E-state index contributed by atoms with van der Waals surface area (Å²) in [5, 5.41) is 8.73. The van der Waals surface area contributed by atoms with Crippen LogP contribution in [0.4, 0.5) is 11.4 Å². The minimum atomic E-state index is 0.896. The topological polar surface area (TPSA) is 30.1 Å². The van der Waals surface area contributed by atoms with Crippen molar-refractivity contribution in [1.29, 1.82) is 0 Å². The van der Waals surface area contributed by atoms with Gasteiger partial charge in [-0.2, -0.15) is 0 Å². The van der Waals surface area contributed by atoms with Crippen molar-refractivity contribution in [3.63, 3.8) is 0 Å². The van der Waals surface area contributed by atoms with Crippen LogP contribution in [0.5, 0.6) is 0 Å². The van der Waals surface area contributed by atoms with Gasteiger partial charge in [-0.1, -0.05) is 212 Å². The van der Waals surface area contributed by atoms with Gasteiger partial charge in [-0.3, -0.25) is 0 Å². The molecule has 11 aromatic carbocycles. The molecule has 3 nitrogen and oxygen atoms in total. The van der Waals surface area contributed by atoms with Gasteiger partial charge in [-0.05, 0) is 93.0 Å². The summed E-state index contributed by atoms with van der Waals surface area (Å²) < 4.78 is 8.95. The number of hydrogen-bond acceptors (Lipinski definition) is 2. The molecule has 0 radical (unpaired) electrons. The molecule has 0 bridgehead atoms. The second kappa shape index (κ2) is 16.9. The van der Waals surface area contributed by atoms with E-state index in [9.17, 15) is 0 Å². The zero-order valence-electron chi connectivity index (χ0n) is 37.7. The number of nitrogens with one attached hydrogen (secondary N) is 1. The maximum Gasteiger partial charge on any atom is 0.143 e. The van der Waals surface area contributed by atoms with E-state index >= 15 is 0 Å². The first-order valence-corrected chi connectivity index (χ1v) is 23.6. The van der Waals surface area contributed by atoms with Gasteiger partial charge in [0.2, 0.25) is 0 Å². The number of anilines is 2. The molecule has 13 rings (SSSR count). The fourth-order valence-corrected chi connectivity index (χ4v) is 10.5. The molecule has 0 saturated carbocycles. The average Bonchev–Trinajstić information content (AvgIpc) is 3.97. The van der Waals surface area contributed by atoms with Crippen molar-refractivity contribution in [2.75, 3.05) is 5.32 Å². The van der Waals surface area contributed by atoms with Gasteiger partial charge in [0, 0.05) is 55.2 Å². The van der Waals surface area contributed by atoms with Crippen LogP contribution in [0.25, 0.3) is 116 Å². The van der Waals surface area contributed by atoms with E-state index in [0.717, 1.165) is 100 Å².